The van der Waals surface area contributed by atoms with Crippen molar-refractivity contribution in [3.63, 3.8) is 0 Å². The standard InChI is InChI=1S/C13H22O4/c1-9(16-11(3)14)7-8-10(2)17-12(15)13(4,5)6/h7-10H,1-6H3/t9-,10+/m1/s1. The fraction of sp³-hybridized carbons (Fsp3) is 0.692. The normalized spacial score (nSPS) is 15.4. The molecule has 0 aliphatic carbocycles. The molecule has 0 aliphatic rings. The molecule has 0 aromatic carbocycles. The van der Waals surface area contributed by atoms with E-state index in [0.717, 1.165) is 0 Å². The summed E-state index contributed by atoms with van der Waals surface area (Å²) in [5, 5.41) is 0. The molecule has 4 nitrogen and oxygen atoms in total. The van der Waals surface area contributed by atoms with Gasteiger partial charge in [0.1, 0.15) is 12.2 Å². The number of carbonyl (C=O) groups is 2. The summed E-state index contributed by atoms with van der Waals surface area (Å²) >= 11 is 0. The minimum Gasteiger partial charge on any atom is -0.459 e. The second kappa shape index (κ2) is 6.42. The molecule has 0 fully saturated rings. The van der Waals surface area contributed by atoms with Crippen LogP contribution in [0.2, 0.25) is 0 Å². The van der Waals surface area contributed by atoms with Gasteiger partial charge in [-0.15, -0.1) is 0 Å². The lowest BCUT2D eigenvalue weighted by atomic mass is 9.97. The summed E-state index contributed by atoms with van der Waals surface area (Å²) in [6, 6.07) is 0. The van der Waals surface area contributed by atoms with E-state index in [9.17, 15) is 9.59 Å². The van der Waals surface area contributed by atoms with Crippen molar-refractivity contribution in [2.24, 2.45) is 5.41 Å². The first-order chi connectivity index (χ1) is 7.62. The van der Waals surface area contributed by atoms with Crippen LogP contribution in [0, 0.1) is 5.41 Å². The molecule has 0 N–H and O–H groups in total. The summed E-state index contributed by atoms with van der Waals surface area (Å²) in [5.41, 5.74) is -0.510. The minimum absolute atomic E-state index is 0.255. The van der Waals surface area contributed by atoms with Gasteiger partial charge in [-0.25, -0.2) is 0 Å². The van der Waals surface area contributed by atoms with Crippen LogP contribution in [-0.4, -0.2) is 24.1 Å². The molecular weight excluding hydrogens is 220 g/mol. The van der Waals surface area contributed by atoms with E-state index in [-0.39, 0.29) is 24.1 Å². The number of hydrogen-bond acceptors (Lipinski definition) is 4. The predicted molar refractivity (Wildman–Crippen MR) is 65.4 cm³/mol. The molecule has 0 aromatic heterocycles. The zero-order valence-corrected chi connectivity index (χ0v) is 11.4. The number of hydrogen-bond donors (Lipinski definition) is 0. The van der Waals surface area contributed by atoms with Crippen LogP contribution in [0.25, 0.3) is 0 Å². The highest BCUT2D eigenvalue weighted by molar-refractivity contribution is 5.75. The van der Waals surface area contributed by atoms with Gasteiger partial charge >= 0.3 is 11.9 Å². The van der Waals surface area contributed by atoms with Gasteiger partial charge in [0.15, 0.2) is 0 Å². The van der Waals surface area contributed by atoms with E-state index < -0.39 is 5.41 Å². The molecule has 0 unspecified atom stereocenters. The van der Waals surface area contributed by atoms with E-state index >= 15 is 0 Å². The van der Waals surface area contributed by atoms with Crippen molar-refractivity contribution in [1.29, 1.82) is 0 Å². The average molecular weight is 242 g/mol. The Bertz CT molecular complexity index is 299. The first-order valence-electron chi connectivity index (χ1n) is 5.69. The van der Waals surface area contributed by atoms with Crippen LogP contribution in [0.4, 0.5) is 0 Å². The Kier molecular flexibility index (Phi) is 5.93. The van der Waals surface area contributed by atoms with Gasteiger partial charge in [0.05, 0.1) is 5.41 Å². The maximum atomic E-state index is 11.6. The molecule has 0 saturated heterocycles. The zero-order chi connectivity index (χ0) is 13.6. The number of rotatable bonds is 4. The van der Waals surface area contributed by atoms with Crippen LogP contribution in [0.5, 0.6) is 0 Å². The summed E-state index contributed by atoms with van der Waals surface area (Å²) in [7, 11) is 0. The second-order valence-corrected chi connectivity index (χ2v) is 5.06. The topological polar surface area (TPSA) is 52.6 Å². The largest absolute Gasteiger partial charge is 0.459 e. The minimum atomic E-state index is -0.510. The molecule has 0 aliphatic heterocycles. The SMILES string of the molecule is CC(=O)O[C@H](C)C=C[C@H](C)OC(=O)C(C)(C)C. The highest BCUT2D eigenvalue weighted by Gasteiger charge is 2.24. The van der Waals surface area contributed by atoms with Gasteiger partial charge in [0.25, 0.3) is 0 Å². The Hall–Kier alpha value is -1.32. The zero-order valence-electron chi connectivity index (χ0n) is 11.4. The van der Waals surface area contributed by atoms with Crippen LogP contribution in [0.3, 0.4) is 0 Å². The smallest absolute Gasteiger partial charge is 0.311 e. The third-order valence-corrected chi connectivity index (χ3v) is 1.91. The van der Waals surface area contributed by atoms with Crippen molar-refractivity contribution in [2.45, 2.75) is 53.8 Å². The van der Waals surface area contributed by atoms with Crippen LogP contribution in [-0.2, 0) is 19.1 Å². The molecule has 0 bridgehead atoms. The van der Waals surface area contributed by atoms with Gasteiger partial charge in [-0.3, -0.25) is 9.59 Å². The maximum absolute atomic E-state index is 11.6. The molecule has 2 atom stereocenters. The molecule has 0 saturated carbocycles. The molecule has 98 valence electrons. The molecule has 0 amide bonds. The van der Waals surface area contributed by atoms with E-state index in [4.69, 9.17) is 9.47 Å². The Morgan fingerprint density at radius 1 is 1.00 bits per heavy atom. The van der Waals surface area contributed by atoms with E-state index in [1.165, 1.54) is 6.92 Å². The number of ether oxygens (including phenoxy) is 2. The van der Waals surface area contributed by atoms with Crippen molar-refractivity contribution in [3.8, 4) is 0 Å². The van der Waals surface area contributed by atoms with E-state index in [1.807, 2.05) is 0 Å². The van der Waals surface area contributed by atoms with Gasteiger partial charge in [0.2, 0.25) is 0 Å². The number of carbonyl (C=O) groups excluding carboxylic acids is 2. The summed E-state index contributed by atoms with van der Waals surface area (Å²) in [6.45, 7) is 10.3. The fourth-order valence-corrected chi connectivity index (χ4v) is 0.999. The third kappa shape index (κ3) is 7.55. The van der Waals surface area contributed by atoms with Crippen LogP contribution in [0.1, 0.15) is 41.5 Å². The quantitative estimate of drug-likeness (QED) is 0.561. The fourth-order valence-electron chi connectivity index (χ4n) is 0.999. The van der Waals surface area contributed by atoms with Gasteiger partial charge in [-0.05, 0) is 46.8 Å². The summed E-state index contributed by atoms with van der Waals surface area (Å²) in [4.78, 5) is 22.2. The number of esters is 2. The van der Waals surface area contributed by atoms with Crippen molar-refractivity contribution < 1.29 is 19.1 Å². The lowest BCUT2D eigenvalue weighted by molar-refractivity contribution is -0.155. The van der Waals surface area contributed by atoms with Gasteiger partial charge in [0, 0.05) is 6.92 Å². The summed E-state index contributed by atoms with van der Waals surface area (Å²) < 4.78 is 10.1. The molecule has 4 heteroatoms. The van der Waals surface area contributed by atoms with Gasteiger partial charge in [-0.2, -0.15) is 0 Å². The van der Waals surface area contributed by atoms with Crippen molar-refractivity contribution in [2.75, 3.05) is 0 Å². The highest BCUT2D eigenvalue weighted by atomic mass is 16.5. The molecule has 0 rings (SSSR count). The highest BCUT2D eigenvalue weighted by Crippen LogP contribution is 2.16. The average Bonchev–Trinajstić information content (AvgIpc) is 2.12. The Balaban J connectivity index is 4.18. The summed E-state index contributed by atoms with van der Waals surface area (Å²) in [5.74, 6) is -0.587. The molecule has 0 radical (unpaired) electrons. The van der Waals surface area contributed by atoms with Crippen LogP contribution < -0.4 is 0 Å². The lowest BCUT2D eigenvalue weighted by Gasteiger charge is -2.19. The van der Waals surface area contributed by atoms with Crippen LogP contribution >= 0.6 is 0 Å². The molecule has 0 heterocycles. The lowest BCUT2D eigenvalue weighted by Crippen LogP contribution is -2.26. The van der Waals surface area contributed by atoms with Crippen LogP contribution in [0.15, 0.2) is 12.2 Å². The van der Waals surface area contributed by atoms with Gasteiger partial charge < -0.3 is 9.47 Å². The van der Waals surface area contributed by atoms with Gasteiger partial charge in [-0.1, -0.05) is 0 Å². The Labute approximate surface area is 103 Å². The molecule has 0 spiro atoms. The van der Waals surface area contributed by atoms with Crippen molar-refractivity contribution in [3.05, 3.63) is 12.2 Å². The molecular formula is C13H22O4. The first-order valence-corrected chi connectivity index (χ1v) is 5.69. The first kappa shape index (κ1) is 15.7. The third-order valence-electron chi connectivity index (χ3n) is 1.91. The van der Waals surface area contributed by atoms with E-state index in [0.29, 0.717) is 0 Å². The van der Waals surface area contributed by atoms with Crippen molar-refractivity contribution >= 4 is 11.9 Å². The maximum Gasteiger partial charge on any atom is 0.311 e. The molecule has 0 aromatic rings. The van der Waals surface area contributed by atoms with E-state index in [2.05, 4.69) is 0 Å². The predicted octanol–water partition coefficient (Wildman–Crippen LogP) is 2.47. The Morgan fingerprint density at radius 2 is 1.41 bits per heavy atom. The summed E-state index contributed by atoms with van der Waals surface area (Å²) in [6.07, 6.45) is 2.75. The Morgan fingerprint density at radius 3 is 1.76 bits per heavy atom. The monoisotopic (exact) mass is 242 g/mol. The van der Waals surface area contributed by atoms with E-state index in [1.54, 1.807) is 46.8 Å². The van der Waals surface area contributed by atoms with Crippen molar-refractivity contribution in [1.82, 2.24) is 0 Å². The molecule has 17 heavy (non-hydrogen) atoms. The second-order valence-electron chi connectivity index (χ2n) is 5.06.